The Labute approximate surface area is 161 Å². The molecular formula is C21H15N7. The molecule has 0 aliphatic heterocycles. The number of hydrogen-bond acceptors (Lipinski definition) is 6. The van der Waals surface area contributed by atoms with Crippen LogP contribution >= 0.6 is 0 Å². The number of benzene rings is 2. The molecule has 28 heavy (non-hydrogen) atoms. The van der Waals surface area contributed by atoms with Crippen molar-refractivity contribution in [2.24, 2.45) is 15.3 Å². The summed E-state index contributed by atoms with van der Waals surface area (Å²) in [6.07, 6.45) is 1.82. The highest BCUT2D eigenvalue weighted by Crippen LogP contribution is 2.25. The Morgan fingerprint density at radius 2 is 1.61 bits per heavy atom. The molecule has 1 N–H and O–H groups in total. The number of nitriles is 1. The van der Waals surface area contributed by atoms with E-state index in [1.165, 1.54) is 0 Å². The van der Waals surface area contributed by atoms with Crippen LogP contribution in [0.3, 0.4) is 0 Å². The molecule has 0 saturated carbocycles. The van der Waals surface area contributed by atoms with E-state index in [0.29, 0.717) is 22.8 Å². The standard InChI is InChI=1S/C21H15N7/c22-15-18(26-24-16-9-3-1-4-10-16)20-21(27-25-17-11-5-2-6-12-17)28-14-8-7-13-19(28)23-20/h1-14,24H/b26-18+,27-25?. The molecule has 0 bridgehead atoms. The zero-order valence-corrected chi connectivity index (χ0v) is 14.8. The number of anilines is 1. The van der Waals surface area contributed by atoms with Gasteiger partial charge in [0.2, 0.25) is 0 Å². The lowest BCUT2D eigenvalue weighted by Gasteiger charge is -2.01. The highest BCUT2D eigenvalue weighted by molar-refractivity contribution is 6.13. The fourth-order valence-electron chi connectivity index (χ4n) is 2.60. The number of rotatable bonds is 5. The molecule has 0 amide bonds. The number of nitrogens with one attached hydrogen (secondary N) is 1. The van der Waals surface area contributed by atoms with Gasteiger partial charge in [-0.25, -0.2) is 4.98 Å². The highest BCUT2D eigenvalue weighted by Gasteiger charge is 2.17. The first-order valence-electron chi connectivity index (χ1n) is 8.58. The van der Waals surface area contributed by atoms with E-state index in [1.807, 2.05) is 85.1 Å². The summed E-state index contributed by atoms with van der Waals surface area (Å²) in [7, 11) is 0. The first kappa shape index (κ1) is 17.1. The monoisotopic (exact) mass is 365 g/mol. The number of pyridine rings is 1. The molecule has 0 spiro atoms. The molecule has 0 unspecified atom stereocenters. The molecular weight excluding hydrogens is 350 g/mol. The van der Waals surface area contributed by atoms with Gasteiger partial charge >= 0.3 is 0 Å². The molecule has 134 valence electrons. The fourth-order valence-corrected chi connectivity index (χ4v) is 2.60. The van der Waals surface area contributed by atoms with Crippen molar-refractivity contribution in [3.63, 3.8) is 0 Å². The molecule has 2 aromatic heterocycles. The van der Waals surface area contributed by atoms with E-state index in [1.54, 1.807) is 4.40 Å². The predicted molar refractivity (Wildman–Crippen MR) is 108 cm³/mol. The molecule has 0 radical (unpaired) electrons. The summed E-state index contributed by atoms with van der Waals surface area (Å²) < 4.78 is 1.77. The van der Waals surface area contributed by atoms with Crippen molar-refractivity contribution < 1.29 is 0 Å². The first-order chi connectivity index (χ1) is 13.8. The molecule has 7 heteroatoms. The Bertz CT molecular complexity index is 1190. The van der Waals surface area contributed by atoms with Gasteiger partial charge in [-0.3, -0.25) is 9.83 Å². The maximum atomic E-state index is 9.65. The molecule has 0 aliphatic rings. The van der Waals surface area contributed by atoms with Crippen molar-refractivity contribution in [1.82, 2.24) is 9.38 Å². The lowest BCUT2D eigenvalue weighted by Crippen LogP contribution is -2.02. The lowest BCUT2D eigenvalue weighted by molar-refractivity contribution is 1.10. The second-order valence-corrected chi connectivity index (χ2v) is 5.80. The largest absolute Gasteiger partial charge is 0.283 e. The van der Waals surface area contributed by atoms with Gasteiger partial charge in [0.05, 0.1) is 11.4 Å². The van der Waals surface area contributed by atoms with E-state index in [-0.39, 0.29) is 5.71 Å². The molecule has 4 rings (SSSR count). The third-order valence-corrected chi connectivity index (χ3v) is 3.92. The van der Waals surface area contributed by atoms with Crippen molar-refractivity contribution in [3.05, 3.63) is 90.8 Å². The first-order valence-corrected chi connectivity index (χ1v) is 8.58. The van der Waals surface area contributed by atoms with E-state index in [0.717, 1.165) is 5.69 Å². The Balaban J connectivity index is 1.77. The van der Waals surface area contributed by atoms with E-state index in [9.17, 15) is 5.26 Å². The van der Waals surface area contributed by atoms with E-state index in [4.69, 9.17) is 0 Å². The van der Waals surface area contributed by atoms with Crippen molar-refractivity contribution in [1.29, 1.82) is 5.26 Å². The minimum Gasteiger partial charge on any atom is -0.283 e. The molecule has 2 aromatic carbocycles. The van der Waals surface area contributed by atoms with Crippen LogP contribution in [0, 0.1) is 11.3 Å². The summed E-state index contributed by atoms with van der Waals surface area (Å²) in [5.74, 6) is 0.439. The van der Waals surface area contributed by atoms with Crippen LogP contribution in [-0.2, 0) is 0 Å². The Morgan fingerprint density at radius 3 is 2.36 bits per heavy atom. The second kappa shape index (κ2) is 7.93. The van der Waals surface area contributed by atoms with Gasteiger partial charge in [0, 0.05) is 6.20 Å². The average Bonchev–Trinajstić information content (AvgIpc) is 3.12. The van der Waals surface area contributed by atoms with E-state index >= 15 is 0 Å². The summed E-state index contributed by atoms with van der Waals surface area (Å²) in [6, 6.07) is 26.4. The van der Waals surface area contributed by atoms with Crippen LogP contribution in [0.4, 0.5) is 17.2 Å². The predicted octanol–water partition coefficient (Wildman–Crippen LogP) is 5.09. The number of nitrogens with zero attached hydrogens (tertiary/aromatic N) is 6. The molecule has 2 heterocycles. The summed E-state index contributed by atoms with van der Waals surface area (Å²) in [4.78, 5) is 4.52. The van der Waals surface area contributed by atoms with Gasteiger partial charge in [-0.1, -0.05) is 42.5 Å². The zero-order valence-electron chi connectivity index (χ0n) is 14.8. The average molecular weight is 365 g/mol. The SMILES string of the molecule is N#C/C(=N\Nc1ccccc1)c1nc2ccccn2c1N=Nc1ccccc1. The van der Waals surface area contributed by atoms with Crippen molar-refractivity contribution in [3.8, 4) is 6.07 Å². The highest BCUT2D eigenvalue weighted by atomic mass is 15.3. The minimum absolute atomic E-state index is 0.120. The molecule has 4 aromatic rings. The number of hydrazone groups is 1. The Hall–Kier alpha value is -4.31. The van der Waals surface area contributed by atoms with Gasteiger partial charge in [0.1, 0.15) is 17.4 Å². The van der Waals surface area contributed by atoms with Crippen molar-refractivity contribution >= 4 is 28.6 Å². The van der Waals surface area contributed by atoms with Crippen LogP contribution in [0.2, 0.25) is 0 Å². The number of imidazole rings is 1. The minimum atomic E-state index is 0.120. The molecule has 7 nitrogen and oxygen atoms in total. The van der Waals surface area contributed by atoms with Crippen LogP contribution in [0.25, 0.3) is 5.65 Å². The smallest absolute Gasteiger partial charge is 0.190 e. The Morgan fingerprint density at radius 1 is 0.893 bits per heavy atom. The van der Waals surface area contributed by atoms with Crippen LogP contribution in [-0.4, -0.2) is 15.1 Å². The Kier molecular flexibility index (Phi) is 4.85. The van der Waals surface area contributed by atoms with Gasteiger partial charge in [-0.05, 0) is 36.4 Å². The molecule has 0 atom stereocenters. The van der Waals surface area contributed by atoms with E-state index < -0.39 is 0 Å². The summed E-state index contributed by atoms with van der Waals surface area (Å²) in [5, 5.41) is 22.5. The summed E-state index contributed by atoms with van der Waals surface area (Å²) >= 11 is 0. The summed E-state index contributed by atoms with van der Waals surface area (Å²) in [5.41, 5.74) is 5.49. The van der Waals surface area contributed by atoms with Gasteiger partial charge in [0.25, 0.3) is 0 Å². The zero-order chi connectivity index (χ0) is 19.2. The van der Waals surface area contributed by atoms with Crippen LogP contribution in [0.15, 0.2) is 100 Å². The summed E-state index contributed by atoms with van der Waals surface area (Å²) in [6.45, 7) is 0. The van der Waals surface area contributed by atoms with Gasteiger partial charge < -0.3 is 0 Å². The number of aromatic nitrogens is 2. The van der Waals surface area contributed by atoms with Crippen LogP contribution in [0.5, 0.6) is 0 Å². The fraction of sp³-hybridized carbons (Fsp3) is 0. The van der Waals surface area contributed by atoms with Gasteiger partial charge in [0.15, 0.2) is 11.5 Å². The molecule has 0 aliphatic carbocycles. The van der Waals surface area contributed by atoms with Crippen molar-refractivity contribution in [2.45, 2.75) is 0 Å². The number of para-hydroxylation sites is 1. The van der Waals surface area contributed by atoms with Gasteiger partial charge in [-0.15, -0.1) is 10.2 Å². The molecule has 0 fully saturated rings. The van der Waals surface area contributed by atoms with Crippen molar-refractivity contribution in [2.75, 3.05) is 5.43 Å². The van der Waals surface area contributed by atoms with E-state index in [2.05, 4.69) is 31.8 Å². The third-order valence-electron chi connectivity index (χ3n) is 3.92. The number of hydrogen-bond donors (Lipinski definition) is 1. The maximum absolute atomic E-state index is 9.65. The molecule has 0 saturated heterocycles. The van der Waals surface area contributed by atoms with Gasteiger partial charge in [-0.2, -0.15) is 10.4 Å². The normalized spacial score (nSPS) is 11.6. The van der Waals surface area contributed by atoms with Crippen LogP contribution < -0.4 is 5.43 Å². The lowest BCUT2D eigenvalue weighted by atomic mass is 10.3. The number of fused-ring (bicyclic) bond motifs is 1. The maximum Gasteiger partial charge on any atom is 0.190 e. The number of azo groups is 1. The van der Waals surface area contributed by atoms with Crippen LogP contribution in [0.1, 0.15) is 5.69 Å². The second-order valence-electron chi connectivity index (χ2n) is 5.80. The quantitative estimate of drug-likeness (QED) is 0.303. The third kappa shape index (κ3) is 3.61. The topological polar surface area (TPSA) is 90.2 Å².